The quantitative estimate of drug-likeness (QED) is 0.841. The first kappa shape index (κ1) is 14.7. The fourth-order valence-corrected chi connectivity index (χ4v) is 2.24. The summed E-state index contributed by atoms with van der Waals surface area (Å²) in [6.07, 6.45) is 5.41. The van der Waals surface area contributed by atoms with Crippen molar-refractivity contribution in [1.29, 1.82) is 0 Å². The van der Waals surface area contributed by atoms with Gasteiger partial charge in [-0.15, -0.1) is 0 Å². The summed E-state index contributed by atoms with van der Waals surface area (Å²) in [6.45, 7) is 8.16. The van der Waals surface area contributed by atoms with Crippen molar-refractivity contribution in [3.8, 4) is 0 Å². The third kappa shape index (κ3) is 3.63. The van der Waals surface area contributed by atoms with Gasteiger partial charge in [0.1, 0.15) is 12.2 Å². The predicted octanol–water partition coefficient (Wildman–Crippen LogP) is 2.28. The minimum atomic E-state index is 0.185. The first-order chi connectivity index (χ1) is 9.74. The molecule has 2 heterocycles. The molecule has 5 heteroatoms. The molecule has 2 rings (SSSR count). The zero-order chi connectivity index (χ0) is 14.4. The van der Waals surface area contributed by atoms with E-state index in [1.165, 1.54) is 5.56 Å². The van der Waals surface area contributed by atoms with Crippen LogP contribution in [0, 0.1) is 6.92 Å². The molecule has 1 atom stereocenters. The number of nitrogens with one attached hydrogen (secondary N) is 1. The van der Waals surface area contributed by atoms with E-state index < -0.39 is 0 Å². The van der Waals surface area contributed by atoms with Crippen molar-refractivity contribution in [3.63, 3.8) is 0 Å². The molecule has 0 aliphatic rings. The van der Waals surface area contributed by atoms with E-state index in [1.807, 2.05) is 16.9 Å². The lowest BCUT2D eigenvalue weighted by Gasteiger charge is -2.18. The van der Waals surface area contributed by atoms with Crippen LogP contribution in [0.4, 0.5) is 0 Å². The Morgan fingerprint density at radius 1 is 1.30 bits per heavy atom. The van der Waals surface area contributed by atoms with E-state index in [2.05, 4.69) is 47.2 Å². The van der Waals surface area contributed by atoms with E-state index in [9.17, 15) is 0 Å². The summed E-state index contributed by atoms with van der Waals surface area (Å²) in [7, 11) is 0. The Kier molecular flexibility index (Phi) is 5.24. The summed E-state index contributed by atoms with van der Waals surface area (Å²) in [5.74, 6) is 1.00. The Bertz CT molecular complexity index is 535. The lowest BCUT2D eigenvalue weighted by atomic mass is 10.1. The molecular weight excluding hydrogens is 250 g/mol. The smallest absolute Gasteiger partial charge is 0.138 e. The standard InChI is InChI=1S/C15H23N5/c1-4-7-16-14(13-9-12(3)6-8-17-13)10-15-18-11-19-20(15)5-2/h6,8-9,11,14,16H,4-5,7,10H2,1-3H3. The molecular formula is C15H23N5. The third-order valence-electron chi connectivity index (χ3n) is 3.32. The van der Waals surface area contributed by atoms with Crippen molar-refractivity contribution in [2.45, 2.75) is 46.2 Å². The minimum Gasteiger partial charge on any atom is -0.308 e. The summed E-state index contributed by atoms with van der Waals surface area (Å²) in [6, 6.07) is 4.35. The maximum Gasteiger partial charge on any atom is 0.138 e. The van der Waals surface area contributed by atoms with Crippen LogP contribution in [-0.2, 0) is 13.0 Å². The molecule has 1 unspecified atom stereocenters. The second kappa shape index (κ2) is 7.14. The van der Waals surface area contributed by atoms with Crippen LogP contribution in [0.15, 0.2) is 24.7 Å². The SMILES string of the molecule is CCCNC(Cc1ncnn1CC)c1cc(C)ccn1. The Labute approximate surface area is 120 Å². The number of rotatable bonds is 7. The van der Waals surface area contributed by atoms with Gasteiger partial charge in [0.05, 0.1) is 11.7 Å². The highest BCUT2D eigenvalue weighted by Crippen LogP contribution is 2.16. The number of aromatic nitrogens is 4. The monoisotopic (exact) mass is 273 g/mol. The van der Waals surface area contributed by atoms with Crippen molar-refractivity contribution < 1.29 is 0 Å². The van der Waals surface area contributed by atoms with E-state index >= 15 is 0 Å². The van der Waals surface area contributed by atoms with Gasteiger partial charge >= 0.3 is 0 Å². The highest BCUT2D eigenvalue weighted by molar-refractivity contribution is 5.18. The second-order valence-electron chi connectivity index (χ2n) is 4.96. The number of pyridine rings is 1. The molecule has 0 aromatic carbocycles. The van der Waals surface area contributed by atoms with Gasteiger partial charge in [0.15, 0.2) is 0 Å². The van der Waals surface area contributed by atoms with Gasteiger partial charge in [-0.1, -0.05) is 6.92 Å². The minimum absolute atomic E-state index is 0.185. The average Bonchev–Trinajstić information content (AvgIpc) is 2.90. The van der Waals surface area contributed by atoms with Gasteiger partial charge in [0.25, 0.3) is 0 Å². The largest absolute Gasteiger partial charge is 0.308 e. The first-order valence-electron chi connectivity index (χ1n) is 7.27. The van der Waals surface area contributed by atoms with Crippen molar-refractivity contribution in [3.05, 3.63) is 41.7 Å². The molecule has 0 fully saturated rings. The Morgan fingerprint density at radius 2 is 2.15 bits per heavy atom. The predicted molar refractivity (Wildman–Crippen MR) is 79.4 cm³/mol. The van der Waals surface area contributed by atoms with E-state index in [0.29, 0.717) is 0 Å². The normalized spacial score (nSPS) is 12.6. The average molecular weight is 273 g/mol. The van der Waals surface area contributed by atoms with E-state index in [4.69, 9.17) is 0 Å². The van der Waals surface area contributed by atoms with Crippen molar-refractivity contribution in [2.75, 3.05) is 6.54 Å². The molecule has 0 spiro atoms. The first-order valence-corrected chi connectivity index (χ1v) is 7.27. The molecule has 2 aromatic rings. The molecule has 0 bridgehead atoms. The molecule has 0 radical (unpaired) electrons. The van der Waals surface area contributed by atoms with Gasteiger partial charge in [0, 0.05) is 19.2 Å². The zero-order valence-corrected chi connectivity index (χ0v) is 12.5. The Morgan fingerprint density at radius 3 is 2.85 bits per heavy atom. The molecule has 2 aromatic heterocycles. The summed E-state index contributed by atoms with van der Waals surface area (Å²) < 4.78 is 1.94. The van der Waals surface area contributed by atoms with Crippen LogP contribution in [0.2, 0.25) is 0 Å². The molecule has 0 aliphatic carbocycles. The summed E-state index contributed by atoms with van der Waals surface area (Å²) in [4.78, 5) is 8.88. The van der Waals surface area contributed by atoms with Crippen molar-refractivity contribution >= 4 is 0 Å². The van der Waals surface area contributed by atoms with E-state index in [1.54, 1.807) is 6.33 Å². The van der Waals surface area contributed by atoms with Gasteiger partial charge < -0.3 is 5.32 Å². The molecule has 5 nitrogen and oxygen atoms in total. The van der Waals surface area contributed by atoms with Crippen molar-refractivity contribution in [1.82, 2.24) is 25.1 Å². The topological polar surface area (TPSA) is 55.6 Å². The van der Waals surface area contributed by atoms with Crippen LogP contribution < -0.4 is 5.32 Å². The van der Waals surface area contributed by atoms with Gasteiger partial charge in [-0.25, -0.2) is 4.98 Å². The van der Waals surface area contributed by atoms with Crippen molar-refractivity contribution in [2.24, 2.45) is 0 Å². The molecule has 108 valence electrons. The fraction of sp³-hybridized carbons (Fsp3) is 0.533. The van der Waals surface area contributed by atoms with Gasteiger partial charge in [-0.05, 0) is 44.5 Å². The highest BCUT2D eigenvalue weighted by Gasteiger charge is 2.16. The third-order valence-corrected chi connectivity index (χ3v) is 3.32. The van der Waals surface area contributed by atoms with Crippen LogP contribution >= 0.6 is 0 Å². The zero-order valence-electron chi connectivity index (χ0n) is 12.5. The van der Waals surface area contributed by atoms with Crippen LogP contribution in [-0.4, -0.2) is 26.3 Å². The lowest BCUT2D eigenvalue weighted by molar-refractivity contribution is 0.487. The van der Waals surface area contributed by atoms with Gasteiger partial charge in [-0.3, -0.25) is 9.67 Å². The number of aryl methyl sites for hydroxylation is 2. The van der Waals surface area contributed by atoms with E-state index in [-0.39, 0.29) is 6.04 Å². The second-order valence-corrected chi connectivity index (χ2v) is 4.96. The fourth-order valence-electron chi connectivity index (χ4n) is 2.24. The molecule has 20 heavy (non-hydrogen) atoms. The maximum absolute atomic E-state index is 4.51. The summed E-state index contributed by atoms with van der Waals surface area (Å²) in [5.41, 5.74) is 2.30. The molecule has 0 aliphatic heterocycles. The molecule has 1 N–H and O–H groups in total. The van der Waals surface area contributed by atoms with Crippen LogP contribution in [0.3, 0.4) is 0 Å². The Hall–Kier alpha value is -1.75. The van der Waals surface area contributed by atoms with Gasteiger partial charge in [-0.2, -0.15) is 5.10 Å². The lowest BCUT2D eigenvalue weighted by Crippen LogP contribution is -2.26. The summed E-state index contributed by atoms with van der Waals surface area (Å²) >= 11 is 0. The molecule has 0 saturated heterocycles. The molecule has 0 saturated carbocycles. The van der Waals surface area contributed by atoms with Gasteiger partial charge in [0.2, 0.25) is 0 Å². The van der Waals surface area contributed by atoms with E-state index in [0.717, 1.165) is 37.4 Å². The van der Waals surface area contributed by atoms with Crippen LogP contribution in [0.5, 0.6) is 0 Å². The highest BCUT2D eigenvalue weighted by atomic mass is 15.3. The number of hydrogen-bond acceptors (Lipinski definition) is 4. The Balaban J connectivity index is 2.19. The maximum atomic E-state index is 4.51. The van der Waals surface area contributed by atoms with Crippen LogP contribution in [0.1, 0.15) is 43.4 Å². The van der Waals surface area contributed by atoms with Crippen LogP contribution in [0.25, 0.3) is 0 Å². The summed E-state index contributed by atoms with van der Waals surface area (Å²) in [5, 5.41) is 7.80. The number of hydrogen-bond donors (Lipinski definition) is 1. The number of nitrogens with zero attached hydrogens (tertiary/aromatic N) is 4. The molecule has 0 amide bonds.